The summed E-state index contributed by atoms with van der Waals surface area (Å²) >= 11 is 0. The lowest BCUT2D eigenvalue weighted by Crippen LogP contribution is -2.42. The minimum Gasteiger partial charge on any atom is -0.376 e. The van der Waals surface area contributed by atoms with E-state index in [1.54, 1.807) is 19.2 Å². The highest BCUT2D eigenvalue weighted by atomic mass is 32.2. The van der Waals surface area contributed by atoms with E-state index in [-0.39, 0.29) is 16.9 Å². The van der Waals surface area contributed by atoms with E-state index < -0.39 is 10.0 Å². The number of carbonyl (C=O) groups is 1. The minimum absolute atomic E-state index is 0.152. The highest BCUT2D eigenvalue weighted by molar-refractivity contribution is 7.89. The van der Waals surface area contributed by atoms with Gasteiger partial charge in [-0.2, -0.15) is 4.31 Å². The Hall–Kier alpha value is -1.48. The van der Waals surface area contributed by atoms with Gasteiger partial charge in [-0.05, 0) is 24.6 Å². The largest absolute Gasteiger partial charge is 0.376 e. The second-order valence-corrected chi connectivity index (χ2v) is 7.98. The molecule has 1 amide bonds. The maximum atomic E-state index is 12.6. The van der Waals surface area contributed by atoms with Gasteiger partial charge in [-0.15, -0.1) is 0 Å². The SMILES string of the molecule is CN(C[C@@H]1COCCO1)C(=O)c1cccc(S(=O)(=O)N2CCC2)c1. The van der Waals surface area contributed by atoms with Gasteiger partial charge in [0.05, 0.1) is 30.8 Å². The van der Waals surface area contributed by atoms with E-state index in [9.17, 15) is 13.2 Å². The Bertz CT molecular complexity index is 696. The quantitative estimate of drug-likeness (QED) is 0.773. The first-order valence-corrected chi connectivity index (χ1v) is 9.47. The van der Waals surface area contributed by atoms with Crippen LogP contribution in [0.3, 0.4) is 0 Å². The molecule has 0 spiro atoms. The Balaban J connectivity index is 1.71. The Morgan fingerprint density at radius 3 is 2.75 bits per heavy atom. The molecule has 0 aromatic heterocycles. The summed E-state index contributed by atoms with van der Waals surface area (Å²) < 4.78 is 37.2. The van der Waals surface area contributed by atoms with Crippen molar-refractivity contribution < 1.29 is 22.7 Å². The molecule has 0 radical (unpaired) electrons. The van der Waals surface area contributed by atoms with Gasteiger partial charge in [-0.3, -0.25) is 4.79 Å². The van der Waals surface area contributed by atoms with Crippen LogP contribution in [0.5, 0.6) is 0 Å². The standard InChI is InChI=1S/C16H22N2O5S/c1-17(11-14-12-22-8-9-23-14)16(19)13-4-2-5-15(10-13)24(20,21)18-6-3-7-18/h2,4-5,10,14H,3,6-9,11-12H2,1H3/t14-/m1/s1. The molecule has 2 aliphatic heterocycles. The summed E-state index contributed by atoms with van der Waals surface area (Å²) in [6.45, 7) is 3.04. The summed E-state index contributed by atoms with van der Waals surface area (Å²) in [5, 5.41) is 0. The second-order valence-electron chi connectivity index (χ2n) is 6.04. The number of rotatable bonds is 5. The first kappa shape index (κ1) is 17.3. The molecule has 8 heteroatoms. The van der Waals surface area contributed by atoms with E-state index >= 15 is 0 Å². The molecule has 0 bridgehead atoms. The number of sulfonamides is 1. The van der Waals surface area contributed by atoms with Gasteiger partial charge in [0.25, 0.3) is 5.91 Å². The molecular formula is C16H22N2O5S. The van der Waals surface area contributed by atoms with Crippen molar-refractivity contribution >= 4 is 15.9 Å². The summed E-state index contributed by atoms with van der Waals surface area (Å²) in [5.41, 5.74) is 0.357. The monoisotopic (exact) mass is 354 g/mol. The molecule has 0 N–H and O–H groups in total. The van der Waals surface area contributed by atoms with Gasteiger partial charge >= 0.3 is 0 Å². The van der Waals surface area contributed by atoms with Crippen LogP contribution in [0.25, 0.3) is 0 Å². The fraction of sp³-hybridized carbons (Fsp3) is 0.562. The molecule has 2 saturated heterocycles. The average Bonchev–Trinajstić information content (AvgIpc) is 2.53. The van der Waals surface area contributed by atoms with Crippen molar-refractivity contribution in [2.24, 2.45) is 0 Å². The summed E-state index contributed by atoms with van der Waals surface area (Å²) in [6.07, 6.45) is 0.727. The van der Waals surface area contributed by atoms with Gasteiger partial charge in [0.15, 0.2) is 0 Å². The van der Waals surface area contributed by atoms with Crippen LogP contribution in [-0.2, 0) is 19.5 Å². The summed E-state index contributed by atoms with van der Waals surface area (Å²) in [7, 11) is -1.82. The third kappa shape index (κ3) is 3.61. The Morgan fingerprint density at radius 1 is 1.33 bits per heavy atom. The van der Waals surface area contributed by atoms with Gasteiger partial charge in [-0.1, -0.05) is 6.07 Å². The first-order chi connectivity index (χ1) is 11.5. The van der Waals surface area contributed by atoms with Crippen molar-refractivity contribution in [3.63, 3.8) is 0 Å². The van der Waals surface area contributed by atoms with Crippen LogP contribution in [0.1, 0.15) is 16.8 Å². The van der Waals surface area contributed by atoms with E-state index in [1.807, 2.05) is 0 Å². The fourth-order valence-corrected chi connectivity index (χ4v) is 4.28. The van der Waals surface area contributed by atoms with Gasteiger partial charge in [0, 0.05) is 32.2 Å². The molecule has 2 aliphatic rings. The third-order valence-electron chi connectivity index (χ3n) is 4.24. The zero-order valence-corrected chi connectivity index (χ0v) is 14.5. The van der Waals surface area contributed by atoms with E-state index in [4.69, 9.17) is 9.47 Å². The maximum absolute atomic E-state index is 12.6. The number of benzene rings is 1. The molecule has 3 rings (SSSR count). The third-order valence-corrected chi connectivity index (χ3v) is 6.14. The number of ether oxygens (including phenoxy) is 2. The molecule has 2 heterocycles. The molecule has 24 heavy (non-hydrogen) atoms. The van der Waals surface area contributed by atoms with Crippen molar-refractivity contribution in [3.8, 4) is 0 Å². The summed E-state index contributed by atoms with van der Waals surface area (Å²) in [5.74, 6) is -0.232. The van der Waals surface area contributed by atoms with E-state index in [1.165, 1.54) is 21.3 Å². The molecule has 7 nitrogen and oxygen atoms in total. The number of likely N-dealkylation sites (N-methyl/N-ethyl adjacent to an activating group) is 1. The van der Waals surface area contributed by atoms with Crippen molar-refractivity contribution in [1.82, 2.24) is 9.21 Å². The average molecular weight is 354 g/mol. The van der Waals surface area contributed by atoms with Crippen molar-refractivity contribution in [2.75, 3.05) is 46.5 Å². The number of nitrogens with zero attached hydrogens (tertiary/aromatic N) is 2. The van der Waals surface area contributed by atoms with Crippen molar-refractivity contribution in [3.05, 3.63) is 29.8 Å². The Kier molecular flexibility index (Phi) is 5.19. The molecule has 1 atom stereocenters. The number of hydrogen-bond donors (Lipinski definition) is 0. The number of amides is 1. The lowest BCUT2D eigenvalue weighted by molar-refractivity contribution is -0.0933. The Labute approximate surface area is 142 Å². The van der Waals surface area contributed by atoms with E-state index in [2.05, 4.69) is 0 Å². The zero-order chi connectivity index (χ0) is 17.2. The van der Waals surface area contributed by atoms with Crippen LogP contribution in [-0.4, -0.2) is 76.1 Å². The minimum atomic E-state index is -3.49. The van der Waals surface area contributed by atoms with Crippen LogP contribution in [0.15, 0.2) is 29.2 Å². The van der Waals surface area contributed by atoms with Crippen LogP contribution in [0, 0.1) is 0 Å². The number of hydrogen-bond acceptors (Lipinski definition) is 5. The second kappa shape index (κ2) is 7.18. The van der Waals surface area contributed by atoms with Crippen LogP contribution in [0.2, 0.25) is 0 Å². The molecule has 0 unspecified atom stereocenters. The van der Waals surface area contributed by atoms with Crippen LogP contribution in [0.4, 0.5) is 0 Å². The highest BCUT2D eigenvalue weighted by Crippen LogP contribution is 2.22. The Morgan fingerprint density at radius 2 is 2.12 bits per heavy atom. The summed E-state index contributed by atoms with van der Waals surface area (Å²) in [6, 6.07) is 6.22. The lowest BCUT2D eigenvalue weighted by atomic mass is 10.2. The fourth-order valence-electron chi connectivity index (χ4n) is 2.72. The molecule has 132 valence electrons. The molecule has 0 aliphatic carbocycles. The summed E-state index contributed by atoms with van der Waals surface area (Å²) in [4.78, 5) is 14.3. The molecule has 1 aromatic rings. The molecule has 1 aromatic carbocycles. The topological polar surface area (TPSA) is 76.1 Å². The smallest absolute Gasteiger partial charge is 0.253 e. The predicted molar refractivity (Wildman–Crippen MR) is 87.3 cm³/mol. The first-order valence-electron chi connectivity index (χ1n) is 8.03. The molecular weight excluding hydrogens is 332 g/mol. The normalized spacial score (nSPS) is 22.0. The van der Waals surface area contributed by atoms with Gasteiger partial charge in [-0.25, -0.2) is 8.42 Å². The van der Waals surface area contributed by atoms with Gasteiger partial charge < -0.3 is 14.4 Å². The lowest BCUT2D eigenvalue weighted by Gasteiger charge is -2.30. The van der Waals surface area contributed by atoms with E-state index in [0.717, 1.165) is 6.42 Å². The zero-order valence-electron chi connectivity index (χ0n) is 13.7. The molecule has 0 saturated carbocycles. The molecule has 2 fully saturated rings. The highest BCUT2D eigenvalue weighted by Gasteiger charge is 2.30. The van der Waals surface area contributed by atoms with Crippen LogP contribution < -0.4 is 0 Å². The van der Waals surface area contributed by atoms with Crippen molar-refractivity contribution in [2.45, 2.75) is 17.4 Å². The maximum Gasteiger partial charge on any atom is 0.253 e. The van der Waals surface area contributed by atoms with Crippen LogP contribution >= 0.6 is 0 Å². The predicted octanol–water partition coefficient (Wildman–Crippen LogP) is 0.568. The van der Waals surface area contributed by atoms with Crippen molar-refractivity contribution in [1.29, 1.82) is 0 Å². The van der Waals surface area contributed by atoms with E-state index in [0.29, 0.717) is 45.0 Å². The van der Waals surface area contributed by atoms with Gasteiger partial charge in [0.2, 0.25) is 10.0 Å². The van der Waals surface area contributed by atoms with Gasteiger partial charge in [0.1, 0.15) is 0 Å². The number of carbonyl (C=O) groups excluding carboxylic acids is 1.